The summed E-state index contributed by atoms with van der Waals surface area (Å²) in [5.41, 5.74) is 6.61. The molecule has 15 heavy (non-hydrogen) atoms. The smallest absolute Gasteiger partial charge is 0.176 e. The van der Waals surface area contributed by atoms with Gasteiger partial charge in [-0.15, -0.1) is 0 Å². The van der Waals surface area contributed by atoms with E-state index in [1.54, 1.807) is 6.07 Å². The highest BCUT2D eigenvalue weighted by molar-refractivity contribution is 5.28. The van der Waals surface area contributed by atoms with Crippen LogP contribution in [0.3, 0.4) is 0 Å². The summed E-state index contributed by atoms with van der Waals surface area (Å²) in [5.74, 6) is 1.79. The number of nitrogens with two attached hydrogens (primary N) is 1. The van der Waals surface area contributed by atoms with Gasteiger partial charge in [0.2, 0.25) is 0 Å². The minimum atomic E-state index is 0.341. The van der Waals surface area contributed by atoms with E-state index in [-0.39, 0.29) is 0 Å². The number of aromatic nitrogens is 1. The molecular weight excluding hydrogens is 192 g/mol. The number of rotatable bonds is 3. The fraction of sp³-hybridized carbons (Fsp3) is 0.182. The van der Waals surface area contributed by atoms with Gasteiger partial charge < -0.3 is 15.0 Å². The maximum Gasteiger partial charge on any atom is 0.176 e. The van der Waals surface area contributed by atoms with E-state index in [1.807, 2.05) is 31.2 Å². The lowest BCUT2D eigenvalue weighted by Crippen LogP contribution is -1.93. The third-order valence-electron chi connectivity index (χ3n) is 1.98. The summed E-state index contributed by atoms with van der Waals surface area (Å²) in [4.78, 5) is 0. The lowest BCUT2D eigenvalue weighted by molar-refractivity contribution is 0.249. The number of aryl methyl sites for hydroxylation is 1. The van der Waals surface area contributed by atoms with E-state index in [9.17, 15) is 0 Å². The highest BCUT2D eigenvalue weighted by Gasteiger charge is 2.01. The quantitative estimate of drug-likeness (QED) is 0.832. The zero-order chi connectivity index (χ0) is 10.7. The largest absolute Gasteiger partial charge is 0.486 e. The molecule has 1 aromatic heterocycles. The normalized spacial score (nSPS) is 10.2. The zero-order valence-electron chi connectivity index (χ0n) is 8.43. The van der Waals surface area contributed by atoms with E-state index in [0.29, 0.717) is 18.2 Å². The van der Waals surface area contributed by atoms with Gasteiger partial charge >= 0.3 is 0 Å². The molecule has 1 aromatic carbocycles. The van der Waals surface area contributed by atoms with Gasteiger partial charge in [-0.3, -0.25) is 0 Å². The number of benzene rings is 1. The standard InChI is InChI=1S/C11H12N2O2/c1-8-2-4-9(5-3-8)14-7-10-6-11(12)13-15-10/h2-6H,7H2,1H3,(H2,12,13). The Morgan fingerprint density at radius 2 is 2.07 bits per heavy atom. The number of ether oxygens (including phenoxy) is 1. The number of hydrogen-bond donors (Lipinski definition) is 1. The summed E-state index contributed by atoms with van der Waals surface area (Å²) in [6.45, 7) is 2.37. The molecule has 0 aliphatic heterocycles. The number of hydrogen-bond acceptors (Lipinski definition) is 4. The van der Waals surface area contributed by atoms with Crippen LogP contribution in [0.15, 0.2) is 34.9 Å². The van der Waals surface area contributed by atoms with Gasteiger partial charge in [0, 0.05) is 6.07 Å². The summed E-state index contributed by atoms with van der Waals surface area (Å²) < 4.78 is 10.4. The minimum Gasteiger partial charge on any atom is -0.486 e. The molecule has 0 aliphatic rings. The van der Waals surface area contributed by atoms with Gasteiger partial charge in [0.15, 0.2) is 11.6 Å². The molecule has 0 aliphatic carbocycles. The fourth-order valence-corrected chi connectivity index (χ4v) is 1.19. The van der Waals surface area contributed by atoms with Crippen molar-refractivity contribution in [2.24, 2.45) is 0 Å². The van der Waals surface area contributed by atoms with Crippen LogP contribution in [0.1, 0.15) is 11.3 Å². The molecule has 4 heteroatoms. The van der Waals surface area contributed by atoms with Gasteiger partial charge in [0.05, 0.1) is 0 Å². The Kier molecular flexibility index (Phi) is 2.58. The Labute approximate surface area is 87.6 Å². The number of nitrogen functional groups attached to an aromatic ring is 1. The van der Waals surface area contributed by atoms with Crippen molar-refractivity contribution in [3.8, 4) is 5.75 Å². The molecule has 0 fully saturated rings. The molecular formula is C11H12N2O2. The lowest BCUT2D eigenvalue weighted by atomic mass is 10.2. The van der Waals surface area contributed by atoms with E-state index >= 15 is 0 Å². The lowest BCUT2D eigenvalue weighted by Gasteiger charge is -2.03. The van der Waals surface area contributed by atoms with Crippen molar-refractivity contribution >= 4 is 5.82 Å². The van der Waals surface area contributed by atoms with E-state index < -0.39 is 0 Å². The molecule has 2 N–H and O–H groups in total. The van der Waals surface area contributed by atoms with E-state index in [2.05, 4.69) is 5.16 Å². The Hall–Kier alpha value is -1.97. The first-order chi connectivity index (χ1) is 7.24. The van der Waals surface area contributed by atoms with Crippen LogP contribution in [-0.2, 0) is 6.61 Å². The summed E-state index contributed by atoms with van der Waals surface area (Å²) in [6.07, 6.45) is 0. The monoisotopic (exact) mass is 204 g/mol. The summed E-state index contributed by atoms with van der Waals surface area (Å²) in [5, 5.41) is 3.57. The summed E-state index contributed by atoms with van der Waals surface area (Å²) in [6, 6.07) is 9.45. The molecule has 0 saturated carbocycles. The first-order valence-corrected chi connectivity index (χ1v) is 4.64. The van der Waals surface area contributed by atoms with Crippen molar-refractivity contribution in [1.82, 2.24) is 5.16 Å². The van der Waals surface area contributed by atoms with Crippen LogP contribution in [0.25, 0.3) is 0 Å². The second-order valence-corrected chi connectivity index (χ2v) is 3.32. The minimum absolute atomic E-state index is 0.341. The van der Waals surface area contributed by atoms with Gasteiger partial charge in [-0.1, -0.05) is 22.9 Å². The maximum atomic E-state index is 5.47. The zero-order valence-corrected chi connectivity index (χ0v) is 8.43. The SMILES string of the molecule is Cc1ccc(OCc2cc(N)no2)cc1. The third kappa shape index (κ3) is 2.49. The van der Waals surface area contributed by atoms with Crippen molar-refractivity contribution in [2.45, 2.75) is 13.5 Å². The predicted molar refractivity (Wildman–Crippen MR) is 56.4 cm³/mol. The van der Waals surface area contributed by atoms with Gasteiger partial charge in [-0.05, 0) is 19.1 Å². The van der Waals surface area contributed by atoms with Crippen LogP contribution in [-0.4, -0.2) is 5.16 Å². The molecule has 0 spiro atoms. The van der Waals surface area contributed by atoms with E-state index in [4.69, 9.17) is 15.0 Å². The van der Waals surface area contributed by atoms with Crippen LogP contribution < -0.4 is 10.5 Å². The molecule has 2 rings (SSSR count). The predicted octanol–water partition coefficient (Wildman–Crippen LogP) is 2.14. The first-order valence-electron chi connectivity index (χ1n) is 4.64. The van der Waals surface area contributed by atoms with Crippen molar-refractivity contribution in [3.05, 3.63) is 41.7 Å². The highest BCUT2D eigenvalue weighted by Crippen LogP contribution is 2.14. The Morgan fingerprint density at radius 3 is 2.67 bits per heavy atom. The van der Waals surface area contributed by atoms with Gasteiger partial charge in [0.25, 0.3) is 0 Å². The van der Waals surface area contributed by atoms with Crippen LogP contribution >= 0.6 is 0 Å². The Morgan fingerprint density at radius 1 is 1.33 bits per heavy atom. The summed E-state index contributed by atoms with van der Waals surface area (Å²) in [7, 11) is 0. The molecule has 78 valence electrons. The molecule has 4 nitrogen and oxygen atoms in total. The van der Waals surface area contributed by atoms with Gasteiger partial charge in [-0.25, -0.2) is 0 Å². The molecule has 0 unspecified atom stereocenters. The first kappa shape index (κ1) is 9.58. The average Bonchev–Trinajstić information content (AvgIpc) is 2.64. The molecule has 0 bridgehead atoms. The van der Waals surface area contributed by atoms with E-state index in [1.165, 1.54) is 5.56 Å². The van der Waals surface area contributed by atoms with Crippen LogP contribution in [0.4, 0.5) is 5.82 Å². The number of nitrogens with zero attached hydrogens (tertiary/aromatic N) is 1. The second-order valence-electron chi connectivity index (χ2n) is 3.32. The second kappa shape index (κ2) is 4.04. The molecule has 1 heterocycles. The molecule has 2 aromatic rings. The van der Waals surface area contributed by atoms with Crippen molar-refractivity contribution in [3.63, 3.8) is 0 Å². The van der Waals surface area contributed by atoms with Gasteiger partial charge in [0.1, 0.15) is 12.4 Å². The fourth-order valence-electron chi connectivity index (χ4n) is 1.19. The molecule has 0 radical (unpaired) electrons. The van der Waals surface area contributed by atoms with Crippen molar-refractivity contribution in [2.75, 3.05) is 5.73 Å². The molecule has 0 amide bonds. The topological polar surface area (TPSA) is 61.3 Å². The average molecular weight is 204 g/mol. The van der Waals surface area contributed by atoms with Gasteiger partial charge in [-0.2, -0.15) is 0 Å². The Balaban J connectivity index is 1.96. The van der Waals surface area contributed by atoms with Crippen LogP contribution in [0.5, 0.6) is 5.75 Å². The van der Waals surface area contributed by atoms with Crippen molar-refractivity contribution in [1.29, 1.82) is 0 Å². The third-order valence-corrected chi connectivity index (χ3v) is 1.98. The van der Waals surface area contributed by atoms with Crippen LogP contribution in [0.2, 0.25) is 0 Å². The maximum absolute atomic E-state index is 5.47. The van der Waals surface area contributed by atoms with Crippen molar-refractivity contribution < 1.29 is 9.26 Å². The number of anilines is 1. The Bertz CT molecular complexity index is 434. The van der Waals surface area contributed by atoms with Crippen LogP contribution in [0, 0.1) is 6.92 Å². The highest BCUT2D eigenvalue weighted by atomic mass is 16.5. The molecule has 0 atom stereocenters. The molecule has 0 saturated heterocycles. The van der Waals surface area contributed by atoms with E-state index in [0.717, 1.165) is 5.75 Å². The summed E-state index contributed by atoms with van der Waals surface area (Å²) >= 11 is 0.